The highest BCUT2D eigenvalue weighted by atomic mass is 35.5. The summed E-state index contributed by atoms with van der Waals surface area (Å²) in [6.07, 6.45) is 3.96. The van der Waals surface area contributed by atoms with Gasteiger partial charge in [0.1, 0.15) is 0 Å². The van der Waals surface area contributed by atoms with Crippen LogP contribution in [0.2, 0.25) is 0 Å². The van der Waals surface area contributed by atoms with Crippen molar-refractivity contribution >= 4 is 24.2 Å². The van der Waals surface area contributed by atoms with Gasteiger partial charge < -0.3 is 5.73 Å². The van der Waals surface area contributed by atoms with E-state index < -0.39 is 0 Å². The molecule has 0 radical (unpaired) electrons. The van der Waals surface area contributed by atoms with Crippen molar-refractivity contribution in [1.82, 2.24) is 0 Å². The molecule has 0 spiro atoms. The average molecular weight is 286 g/mol. The normalized spacial score (nSPS) is 17.8. The van der Waals surface area contributed by atoms with Gasteiger partial charge in [0.05, 0.1) is 0 Å². The van der Waals surface area contributed by atoms with E-state index in [0.717, 1.165) is 0 Å². The highest BCUT2D eigenvalue weighted by molar-refractivity contribution is 8.00. The van der Waals surface area contributed by atoms with Crippen LogP contribution in [0.1, 0.15) is 51.6 Å². The minimum atomic E-state index is 0. The molecule has 0 aromatic heterocycles. The maximum Gasteiger partial charge on any atom is 0.0334 e. The molecular formula is C15H24ClNS. The Labute approximate surface area is 121 Å². The predicted molar refractivity (Wildman–Crippen MR) is 83.6 cm³/mol. The van der Waals surface area contributed by atoms with Crippen molar-refractivity contribution in [2.45, 2.75) is 55.7 Å². The standard InChI is InChI=1S/C15H23NS.ClH/c1-15(2,3)17-13-10-5-4-9-12(13)14(16)11-7-6-8-11;/h4-5,9-11,14H,6-8,16H2,1-3H3;1H/t14-;/m1./s1. The molecule has 0 bridgehead atoms. The minimum absolute atomic E-state index is 0. The predicted octanol–water partition coefficient (Wildman–Crippen LogP) is 4.80. The van der Waals surface area contributed by atoms with E-state index in [0.29, 0.717) is 5.92 Å². The Bertz CT molecular complexity index is 382. The molecule has 2 N–H and O–H groups in total. The summed E-state index contributed by atoms with van der Waals surface area (Å²) in [6, 6.07) is 8.88. The van der Waals surface area contributed by atoms with Gasteiger partial charge in [-0.25, -0.2) is 0 Å². The van der Waals surface area contributed by atoms with Crippen molar-refractivity contribution in [3.8, 4) is 0 Å². The number of hydrogen-bond acceptors (Lipinski definition) is 2. The van der Waals surface area contributed by atoms with Gasteiger partial charge in [0.15, 0.2) is 0 Å². The maximum absolute atomic E-state index is 6.41. The van der Waals surface area contributed by atoms with Gasteiger partial charge in [-0.05, 0) is 30.4 Å². The van der Waals surface area contributed by atoms with Gasteiger partial charge >= 0.3 is 0 Å². The lowest BCUT2D eigenvalue weighted by Gasteiger charge is -2.33. The molecule has 1 aliphatic rings. The lowest BCUT2D eigenvalue weighted by atomic mass is 9.77. The fourth-order valence-corrected chi connectivity index (χ4v) is 3.36. The van der Waals surface area contributed by atoms with E-state index >= 15 is 0 Å². The van der Waals surface area contributed by atoms with Crippen molar-refractivity contribution in [2.75, 3.05) is 0 Å². The second kappa shape index (κ2) is 6.31. The largest absolute Gasteiger partial charge is 0.324 e. The van der Waals surface area contributed by atoms with Gasteiger partial charge in [-0.1, -0.05) is 45.4 Å². The van der Waals surface area contributed by atoms with Gasteiger partial charge in [-0.15, -0.1) is 24.2 Å². The van der Waals surface area contributed by atoms with Gasteiger partial charge in [0.2, 0.25) is 0 Å². The van der Waals surface area contributed by atoms with Crippen LogP contribution in [0.25, 0.3) is 0 Å². The molecule has 0 heterocycles. The zero-order valence-corrected chi connectivity index (χ0v) is 13.1. The molecule has 0 aliphatic heterocycles. The van der Waals surface area contributed by atoms with Gasteiger partial charge in [-0.3, -0.25) is 0 Å². The van der Waals surface area contributed by atoms with Gasteiger partial charge in [0.25, 0.3) is 0 Å². The molecule has 0 unspecified atom stereocenters. The molecule has 1 aromatic carbocycles. The van der Waals surface area contributed by atoms with Crippen LogP contribution >= 0.6 is 24.2 Å². The van der Waals surface area contributed by atoms with E-state index in [2.05, 4.69) is 45.0 Å². The number of benzene rings is 1. The lowest BCUT2D eigenvalue weighted by molar-refractivity contribution is 0.262. The fraction of sp³-hybridized carbons (Fsp3) is 0.600. The summed E-state index contributed by atoms with van der Waals surface area (Å²) in [6.45, 7) is 6.76. The average Bonchev–Trinajstić information content (AvgIpc) is 2.13. The number of nitrogens with two attached hydrogens (primary N) is 1. The van der Waals surface area contributed by atoms with Crippen molar-refractivity contribution < 1.29 is 0 Å². The second-order valence-electron chi connectivity index (χ2n) is 5.97. The Morgan fingerprint density at radius 3 is 2.33 bits per heavy atom. The van der Waals surface area contributed by atoms with E-state index in [9.17, 15) is 0 Å². The van der Waals surface area contributed by atoms with Crippen LogP contribution in [0.5, 0.6) is 0 Å². The molecular weight excluding hydrogens is 262 g/mol. The Morgan fingerprint density at radius 1 is 1.22 bits per heavy atom. The summed E-state index contributed by atoms with van der Waals surface area (Å²) >= 11 is 1.93. The Kier molecular flexibility index (Phi) is 5.57. The molecule has 0 saturated heterocycles. The Morgan fingerprint density at radius 2 is 1.83 bits per heavy atom. The quantitative estimate of drug-likeness (QED) is 0.808. The molecule has 1 aliphatic carbocycles. The molecule has 3 heteroatoms. The zero-order chi connectivity index (χ0) is 12.5. The summed E-state index contributed by atoms with van der Waals surface area (Å²) in [5.41, 5.74) is 7.75. The molecule has 1 atom stereocenters. The third-order valence-corrected chi connectivity index (χ3v) is 4.56. The topological polar surface area (TPSA) is 26.0 Å². The summed E-state index contributed by atoms with van der Waals surface area (Å²) < 4.78 is 0.245. The van der Waals surface area contributed by atoms with Crippen LogP contribution in [0.3, 0.4) is 0 Å². The number of rotatable bonds is 3. The van der Waals surface area contributed by atoms with E-state index in [1.54, 1.807) is 0 Å². The molecule has 0 amide bonds. The molecule has 102 valence electrons. The first-order chi connectivity index (χ1) is 7.97. The molecule has 1 nitrogen and oxygen atoms in total. The summed E-state index contributed by atoms with van der Waals surface area (Å²) in [5.74, 6) is 0.705. The highest BCUT2D eigenvalue weighted by Gasteiger charge is 2.27. The maximum atomic E-state index is 6.41. The van der Waals surface area contributed by atoms with Crippen LogP contribution in [0.15, 0.2) is 29.2 Å². The van der Waals surface area contributed by atoms with Crippen LogP contribution < -0.4 is 5.73 Å². The Balaban J connectivity index is 0.00000162. The van der Waals surface area contributed by atoms with Crippen molar-refractivity contribution in [3.63, 3.8) is 0 Å². The lowest BCUT2D eigenvalue weighted by Crippen LogP contribution is -2.27. The number of hydrogen-bond donors (Lipinski definition) is 1. The Hall–Kier alpha value is -0.180. The summed E-state index contributed by atoms with van der Waals surface area (Å²) in [5, 5.41) is 0. The monoisotopic (exact) mass is 285 g/mol. The van der Waals surface area contributed by atoms with Crippen molar-refractivity contribution in [1.29, 1.82) is 0 Å². The zero-order valence-electron chi connectivity index (χ0n) is 11.5. The molecule has 1 saturated carbocycles. The number of halogens is 1. The third kappa shape index (κ3) is 3.91. The molecule has 2 rings (SSSR count). The summed E-state index contributed by atoms with van der Waals surface area (Å²) in [4.78, 5) is 1.36. The van der Waals surface area contributed by atoms with Crippen LogP contribution in [-0.2, 0) is 0 Å². The molecule has 1 aromatic rings. The fourth-order valence-electron chi connectivity index (χ4n) is 2.23. The first-order valence-corrected chi connectivity index (χ1v) is 7.32. The van der Waals surface area contributed by atoms with Gasteiger partial charge in [0, 0.05) is 15.7 Å². The first kappa shape index (κ1) is 15.9. The second-order valence-corrected chi connectivity index (χ2v) is 7.84. The SMILES string of the molecule is CC(C)(C)Sc1ccccc1[C@H](N)C1CCC1.Cl. The van der Waals surface area contributed by atoms with Gasteiger partial charge in [-0.2, -0.15) is 0 Å². The van der Waals surface area contributed by atoms with Crippen molar-refractivity contribution in [2.24, 2.45) is 11.7 Å². The molecule has 18 heavy (non-hydrogen) atoms. The highest BCUT2D eigenvalue weighted by Crippen LogP contribution is 2.41. The smallest absolute Gasteiger partial charge is 0.0334 e. The summed E-state index contributed by atoms with van der Waals surface area (Å²) in [7, 11) is 0. The van der Waals surface area contributed by atoms with E-state index in [1.807, 2.05) is 11.8 Å². The molecule has 1 fully saturated rings. The van der Waals surface area contributed by atoms with E-state index in [1.165, 1.54) is 29.7 Å². The van der Waals surface area contributed by atoms with Crippen LogP contribution in [-0.4, -0.2) is 4.75 Å². The first-order valence-electron chi connectivity index (χ1n) is 6.51. The van der Waals surface area contributed by atoms with E-state index in [4.69, 9.17) is 5.73 Å². The van der Waals surface area contributed by atoms with Crippen LogP contribution in [0, 0.1) is 5.92 Å². The third-order valence-electron chi connectivity index (χ3n) is 3.35. The van der Waals surface area contributed by atoms with Crippen molar-refractivity contribution in [3.05, 3.63) is 29.8 Å². The number of thioether (sulfide) groups is 1. The van der Waals surface area contributed by atoms with Crippen LogP contribution in [0.4, 0.5) is 0 Å². The van der Waals surface area contributed by atoms with E-state index in [-0.39, 0.29) is 23.2 Å². The minimum Gasteiger partial charge on any atom is -0.324 e.